The van der Waals surface area contributed by atoms with Crippen molar-refractivity contribution >= 4 is 21.8 Å². The van der Waals surface area contributed by atoms with E-state index >= 15 is 0 Å². The fourth-order valence-corrected chi connectivity index (χ4v) is 5.71. The molecule has 2 amide bonds. The third-order valence-electron chi connectivity index (χ3n) is 6.38. The van der Waals surface area contributed by atoms with Gasteiger partial charge in [-0.3, -0.25) is 9.59 Å². The van der Waals surface area contributed by atoms with Gasteiger partial charge >= 0.3 is 0 Å². The minimum atomic E-state index is -3.80. The number of sulfonamides is 1. The second-order valence-electron chi connectivity index (χ2n) is 8.91. The maximum absolute atomic E-state index is 13.4. The van der Waals surface area contributed by atoms with Gasteiger partial charge in [0.1, 0.15) is 6.04 Å². The first-order chi connectivity index (χ1) is 16.7. The van der Waals surface area contributed by atoms with Crippen LogP contribution >= 0.6 is 0 Å². The van der Waals surface area contributed by atoms with Crippen LogP contribution in [0.1, 0.15) is 34.5 Å². The molecule has 1 N–H and O–H groups in total. The number of benzene rings is 2. The molecule has 2 aromatic carbocycles. The first kappa shape index (κ1) is 24.9. The van der Waals surface area contributed by atoms with Crippen molar-refractivity contribution in [3.63, 3.8) is 0 Å². The normalized spacial score (nSPS) is 19.9. The van der Waals surface area contributed by atoms with Crippen molar-refractivity contribution in [1.82, 2.24) is 14.5 Å². The molecular formula is C25H28N4O5S. The molecule has 2 aliphatic rings. The molecule has 2 fully saturated rings. The van der Waals surface area contributed by atoms with Crippen LogP contribution in [-0.2, 0) is 19.6 Å². The minimum absolute atomic E-state index is 0.0120. The highest BCUT2D eigenvalue weighted by atomic mass is 32.2. The Labute approximate surface area is 205 Å². The van der Waals surface area contributed by atoms with E-state index in [1.54, 1.807) is 0 Å². The number of nitriles is 1. The molecule has 2 heterocycles. The van der Waals surface area contributed by atoms with E-state index in [1.807, 2.05) is 38.1 Å². The second kappa shape index (κ2) is 10.2. The molecule has 2 saturated heterocycles. The average Bonchev–Trinajstić information content (AvgIpc) is 2.83. The number of hydrogen-bond acceptors (Lipinski definition) is 6. The number of hydrogen-bond donors (Lipinski definition) is 1. The molecule has 0 radical (unpaired) electrons. The highest BCUT2D eigenvalue weighted by Crippen LogP contribution is 2.26. The van der Waals surface area contributed by atoms with Crippen molar-refractivity contribution in [1.29, 1.82) is 5.26 Å². The lowest BCUT2D eigenvalue weighted by Gasteiger charge is -2.35. The second-order valence-corrected chi connectivity index (χ2v) is 10.8. The number of carbonyl (C=O) groups excluding carboxylic acids is 2. The molecule has 0 unspecified atom stereocenters. The summed E-state index contributed by atoms with van der Waals surface area (Å²) < 4.78 is 32.5. The first-order valence-corrected chi connectivity index (χ1v) is 12.9. The molecule has 0 bridgehead atoms. The third kappa shape index (κ3) is 5.22. The smallest absolute Gasteiger partial charge is 0.254 e. The zero-order valence-electron chi connectivity index (χ0n) is 19.7. The predicted octanol–water partition coefficient (Wildman–Crippen LogP) is 1.86. The maximum atomic E-state index is 13.4. The van der Waals surface area contributed by atoms with Gasteiger partial charge < -0.3 is 15.0 Å². The van der Waals surface area contributed by atoms with E-state index in [-0.39, 0.29) is 61.2 Å². The SMILES string of the molecule is Cc1ccc([C@@H](C)NC(=O)[C@H]2COCCN2C(=O)c2cccc(S(=O)(=O)N3CC(C#N)C3)c2)cc1. The number of carbonyl (C=O) groups is 2. The standard InChI is InChI=1S/C25H28N4O5S/c1-17-6-8-20(9-7-17)18(2)27-24(30)23-16-34-11-10-29(23)25(31)21-4-3-5-22(12-21)35(32,33)28-14-19(13-26)15-28/h3-9,12,18-19,23H,10-11,14-16H2,1-2H3,(H,27,30)/t18-,23-/m1/s1. The van der Waals surface area contributed by atoms with Gasteiger partial charge in [0, 0.05) is 25.2 Å². The van der Waals surface area contributed by atoms with Gasteiger partial charge in [-0.05, 0) is 37.6 Å². The summed E-state index contributed by atoms with van der Waals surface area (Å²) in [6, 6.07) is 14.6. The van der Waals surface area contributed by atoms with Gasteiger partial charge in [0.25, 0.3) is 5.91 Å². The molecule has 35 heavy (non-hydrogen) atoms. The highest BCUT2D eigenvalue weighted by molar-refractivity contribution is 7.89. The molecule has 9 nitrogen and oxygen atoms in total. The summed E-state index contributed by atoms with van der Waals surface area (Å²) in [5.41, 5.74) is 2.24. The maximum Gasteiger partial charge on any atom is 0.254 e. The quantitative estimate of drug-likeness (QED) is 0.652. The Hall–Kier alpha value is -3.26. The Morgan fingerprint density at radius 3 is 2.57 bits per heavy atom. The Balaban J connectivity index is 1.50. The van der Waals surface area contributed by atoms with Crippen LogP contribution < -0.4 is 5.32 Å². The number of aryl methyl sites for hydroxylation is 1. The zero-order valence-corrected chi connectivity index (χ0v) is 20.5. The first-order valence-electron chi connectivity index (χ1n) is 11.5. The molecule has 2 aromatic rings. The monoisotopic (exact) mass is 496 g/mol. The van der Waals surface area contributed by atoms with Crippen LogP contribution in [0.4, 0.5) is 0 Å². The molecule has 0 aromatic heterocycles. The van der Waals surface area contributed by atoms with Crippen molar-refractivity contribution in [3.8, 4) is 6.07 Å². The van der Waals surface area contributed by atoms with Crippen molar-refractivity contribution in [2.24, 2.45) is 5.92 Å². The summed E-state index contributed by atoms with van der Waals surface area (Å²) in [7, 11) is -3.80. The summed E-state index contributed by atoms with van der Waals surface area (Å²) in [5.74, 6) is -1.09. The molecule has 2 atom stereocenters. The van der Waals surface area contributed by atoms with Gasteiger partial charge in [-0.25, -0.2) is 8.42 Å². The molecule has 10 heteroatoms. The number of amides is 2. The van der Waals surface area contributed by atoms with Crippen LogP contribution in [0.15, 0.2) is 53.4 Å². The van der Waals surface area contributed by atoms with E-state index in [9.17, 15) is 18.0 Å². The summed E-state index contributed by atoms with van der Waals surface area (Å²) in [6.07, 6.45) is 0. The van der Waals surface area contributed by atoms with Gasteiger partial charge in [0.2, 0.25) is 15.9 Å². The molecule has 2 aliphatic heterocycles. The summed E-state index contributed by atoms with van der Waals surface area (Å²) in [5, 5.41) is 11.9. The fraction of sp³-hybridized carbons (Fsp3) is 0.400. The fourth-order valence-electron chi connectivity index (χ4n) is 4.13. The Morgan fingerprint density at radius 2 is 1.89 bits per heavy atom. The Morgan fingerprint density at radius 1 is 1.17 bits per heavy atom. The number of rotatable bonds is 6. The van der Waals surface area contributed by atoms with Gasteiger partial charge in [0.15, 0.2) is 0 Å². The van der Waals surface area contributed by atoms with Crippen molar-refractivity contribution < 1.29 is 22.7 Å². The lowest BCUT2D eigenvalue weighted by molar-refractivity contribution is -0.131. The predicted molar refractivity (Wildman–Crippen MR) is 128 cm³/mol. The van der Waals surface area contributed by atoms with Crippen LogP contribution in [0.5, 0.6) is 0 Å². The summed E-state index contributed by atoms with van der Waals surface area (Å²) >= 11 is 0. The van der Waals surface area contributed by atoms with E-state index in [0.717, 1.165) is 11.1 Å². The summed E-state index contributed by atoms with van der Waals surface area (Å²) in [6.45, 7) is 4.69. The van der Waals surface area contributed by atoms with E-state index < -0.39 is 22.0 Å². The zero-order chi connectivity index (χ0) is 25.2. The van der Waals surface area contributed by atoms with Crippen LogP contribution in [0.25, 0.3) is 0 Å². The van der Waals surface area contributed by atoms with E-state index in [1.165, 1.54) is 33.5 Å². The topological polar surface area (TPSA) is 120 Å². The lowest BCUT2D eigenvalue weighted by atomic mass is 10.1. The van der Waals surface area contributed by atoms with Crippen LogP contribution in [0.2, 0.25) is 0 Å². The Bertz CT molecular complexity index is 1250. The largest absolute Gasteiger partial charge is 0.377 e. The molecule has 4 rings (SSSR count). The lowest BCUT2D eigenvalue weighted by Crippen LogP contribution is -2.56. The van der Waals surface area contributed by atoms with Gasteiger partial charge in [-0.15, -0.1) is 0 Å². The number of ether oxygens (including phenoxy) is 1. The van der Waals surface area contributed by atoms with Gasteiger partial charge in [-0.2, -0.15) is 9.57 Å². The van der Waals surface area contributed by atoms with Crippen molar-refractivity contribution in [2.75, 3.05) is 32.8 Å². The highest BCUT2D eigenvalue weighted by Gasteiger charge is 2.38. The van der Waals surface area contributed by atoms with Gasteiger partial charge in [0.05, 0.1) is 36.1 Å². The molecule has 0 spiro atoms. The molecule has 0 aliphatic carbocycles. The third-order valence-corrected chi connectivity index (χ3v) is 8.21. The van der Waals surface area contributed by atoms with E-state index in [2.05, 4.69) is 11.4 Å². The van der Waals surface area contributed by atoms with Crippen molar-refractivity contribution in [3.05, 3.63) is 65.2 Å². The van der Waals surface area contributed by atoms with Crippen LogP contribution in [0, 0.1) is 24.2 Å². The Kier molecular flexibility index (Phi) is 7.21. The number of nitrogens with one attached hydrogen (secondary N) is 1. The van der Waals surface area contributed by atoms with E-state index in [4.69, 9.17) is 10.00 Å². The average molecular weight is 497 g/mol. The van der Waals surface area contributed by atoms with Crippen LogP contribution in [0.3, 0.4) is 0 Å². The molecule has 0 saturated carbocycles. The van der Waals surface area contributed by atoms with Crippen molar-refractivity contribution in [2.45, 2.75) is 30.8 Å². The summed E-state index contributed by atoms with van der Waals surface area (Å²) in [4.78, 5) is 27.9. The molecule has 184 valence electrons. The molecular weight excluding hydrogens is 468 g/mol. The van der Waals surface area contributed by atoms with Crippen LogP contribution in [-0.4, -0.2) is 68.3 Å². The minimum Gasteiger partial charge on any atom is -0.377 e. The number of morpholine rings is 1. The van der Waals surface area contributed by atoms with Gasteiger partial charge in [-0.1, -0.05) is 35.9 Å². The van der Waals surface area contributed by atoms with E-state index in [0.29, 0.717) is 0 Å². The number of nitrogens with zero attached hydrogens (tertiary/aromatic N) is 3.